The maximum atomic E-state index is 12.2. The Labute approximate surface area is 146 Å². The Morgan fingerprint density at radius 2 is 2.08 bits per heavy atom. The zero-order valence-electron chi connectivity index (χ0n) is 14.1. The van der Waals surface area contributed by atoms with Gasteiger partial charge in [0.25, 0.3) is 0 Å². The lowest BCUT2D eigenvalue weighted by molar-refractivity contribution is 0.0777. The fraction of sp³-hybridized carbons (Fsp3) is 0.500. The van der Waals surface area contributed by atoms with Crippen LogP contribution in [0, 0.1) is 0 Å². The van der Waals surface area contributed by atoms with E-state index in [1.54, 1.807) is 0 Å². The Balaban J connectivity index is 1.55. The number of ether oxygens (including phenoxy) is 1. The normalized spacial score (nSPS) is 18.2. The van der Waals surface area contributed by atoms with Crippen molar-refractivity contribution in [2.24, 2.45) is 0 Å². The first-order chi connectivity index (χ1) is 11.6. The van der Waals surface area contributed by atoms with Crippen molar-refractivity contribution in [3.8, 4) is 0 Å². The van der Waals surface area contributed by atoms with Crippen molar-refractivity contribution in [3.05, 3.63) is 36.1 Å². The van der Waals surface area contributed by atoms with Crippen molar-refractivity contribution in [3.63, 3.8) is 0 Å². The first kappa shape index (κ1) is 17.2. The smallest absolute Gasteiger partial charge is 0.315 e. The lowest BCUT2D eigenvalue weighted by atomic mass is 9.99. The van der Waals surface area contributed by atoms with E-state index in [4.69, 9.17) is 9.15 Å². The van der Waals surface area contributed by atoms with Gasteiger partial charge in [-0.3, -0.25) is 0 Å². The zero-order chi connectivity index (χ0) is 17.0. The molecular formula is C18H24N2O3S. The van der Waals surface area contributed by atoms with Crippen LogP contribution >= 0.6 is 11.8 Å². The molecule has 0 unspecified atom stereocenters. The summed E-state index contributed by atoms with van der Waals surface area (Å²) in [5, 5.41) is 7.01. The monoisotopic (exact) mass is 348 g/mol. The van der Waals surface area contributed by atoms with Gasteiger partial charge in [0.1, 0.15) is 11.3 Å². The van der Waals surface area contributed by atoms with Crippen LogP contribution in [0.3, 0.4) is 0 Å². The number of urea groups is 1. The Kier molecular flexibility index (Phi) is 5.36. The Bertz CT molecular complexity index is 661. The number of rotatable bonds is 5. The minimum Gasteiger partial charge on any atom is -0.459 e. The molecule has 1 aromatic carbocycles. The third-order valence-corrected chi connectivity index (χ3v) is 6.05. The summed E-state index contributed by atoms with van der Waals surface area (Å²) in [4.78, 5) is 12.2. The average Bonchev–Trinajstić information content (AvgIpc) is 3.05. The van der Waals surface area contributed by atoms with Gasteiger partial charge in [0, 0.05) is 29.9 Å². The fourth-order valence-electron chi connectivity index (χ4n) is 2.97. The third kappa shape index (κ3) is 3.87. The summed E-state index contributed by atoms with van der Waals surface area (Å²) in [6.45, 7) is 4.10. The summed E-state index contributed by atoms with van der Waals surface area (Å²) >= 11 is 1.81. The molecule has 3 rings (SSSR count). The molecular weight excluding hydrogens is 324 g/mol. The summed E-state index contributed by atoms with van der Waals surface area (Å²) in [5.74, 6) is 0.761. The molecule has 2 aromatic rings. The summed E-state index contributed by atoms with van der Waals surface area (Å²) < 4.78 is 11.3. The van der Waals surface area contributed by atoms with Crippen LogP contribution in [0.5, 0.6) is 0 Å². The average molecular weight is 348 g/mol. The van der Waals surface area contributed by atoms with Crippen LogP contribution in [0.15, 0.2) is 34.7 Å². The summed E-state index contributed by atoms with van der Waals surface area (Å²) in [6.07, 6.45) is 4.03. The van der Waals surface area contributed by atoms with Gasteiger partial charge < -0.3 is 19.8 Å². The van der Waals surface area contributed by atoms with Crippen molar-refractivity contribution in [2.45, 2.75) is 30.6 Å². The maximum Gasteiger partial charge on any atom is 0.315 e. The molecule has 2 amide bonds. The largest absolute Gasteiger partial charge is 0.459 e. The Morgan fingerprint density at radius 1 is 1.33 bits per heavy atom. The van der Waals surface area contributed by atoms with Crippen LogP contribution in [0.4, 0.5) is 4.79 Å². The zero-order valence-corrected chi connectivity index (χ0v) is 14.9. The highest BCUT2D eigenvalue weighted by molar-refractivity contribution is 8.00. The van der Waals surface area contributed by atoms with Crippen molar-refractivity contribution >= 4 is 28.8 Å². The molecule has 6 heteroatoms. The minimum atomic E-state index is -0.183. The van der Waals surface area contributed by atoms with Gasteiger partial charge in [-0.1, -0.05) is 18.2 Å². The first-order valence-corrected chi connectivity index (χ1v) is 9.50. The van der Waals surface area contributed by atoms with E-state index < -0.39 is 0 Å². The van der Waals surface area contributed by atoms with Gasteiger partial charge in [-0.25, -0.2) is 4.79 Å². The van der Waals surface area contributed by atoms with E-state index in [-0.39, 0.29) is 16.8 Å². The molecule has 24 heavy (non-hydrogen) atoms. The number of para-hydroxylation sites is 1. The maximum absolute atomic E-state index is 12.2. The number of fused-ring (bicyclic) bond motifs is 1. The highest BCUT2D eigenvalue weighted by atomic mass is 32.2. The minimum absolute atomic E-state index is 0.0815. The van der Waals surface area contributed by atoms with E-state index in [0.717, 1.165) is 42.8 Å². The predicted octanol–water partition coefficient (Wildman–Crippen LogP) is 3.71. The first-order valence-electron chi connectivity index (χ1n) is 8.28. The fourth-order valence-corrected chi connectivity index (χ4v) is 3.76. The Morgan fingerprint density at radius 3 is 2.79 bits per heavy atom. The van der Waals surface area contributed by atoms with Crippen molar-refractivity contribution in [1.82, 2.24) is 10.6 Å². The number of benzene rings is 1. The highest BCUT2D eigenvalue weighted by Crippen LogP contribution is 2.33. The molecule has 1 saturated heterocycles. The number of thioether (sulfide) groups is 1. The van der Waals surface area contributed by atoms with Gasteiger partial charge in [0.05, 0.1) is 6.04 Å². The molecule has 2 heterocycles. The lowest BCUT2D eigenvalue weighted by Gasteiger charge is -2.35. The van der Waals surface area contributed by atoms with Crippen molar-refractivity contribution in [1.29, 1.82) is 0 Å². The van der Waals surface area contributed by atoms with Crippen LogP contribution < -0.4 is 10.6 Å². The van der Waals surface area contributed by atoms with E-state index in [2.05, 4.69) is 16.9 Å². The molecule has 1 fully saturated rings. The predicted molar refractivity (Wildman–Crippen MR) is 97.5 cm³/mol. The summed E-state index contributed by atoms with van der Waals surface area (Å²) in [6, 6.07) is 9.47. The van der Waals surface area contributed by atoms with Gasteiger partial charge in [0.15, 0.2) is 0 Å². The molecule has 0 saturated carbocycles. The molecule has 0 radical (unpaired) electrons. The molecule has 130 valence electrons. The van der Waals surface area contributed by atoms with E-state index in [1.165, 1.54) is 0 Å². The van der Waals surface area contributed by atoms with Gasteiger partial charge in [-0.2, -0.15) is 11.8 Å². The number of hydrogen-bond donors (Lipinski definition) is 2. The number of carbonyl (C=O) groups excluding carboxylic acids is 1. The van der Waals surface area contributed by atoms with Gasteiger partial charge in [0.2, 0.25) is 0 Å². The number of amides is 2. The molecule has 1 aliphatic heterocycles. The molecule has 2 N–H and O–H groups in total. The van der Waals surface area contributed by atoms with Crippen LogP contribution in [0.2, 0.25) is 0 Å². The van der Waals surface area contributed by atoms with Crippen LogP contribution in [0.25, 0.3) is 11.0 Å². The van der Waals surface area contributed by atoms with E-state index in [1.807, 2.05) is 49.0 Å². The summed E-state index contributed by atoms with van der Waals surface area (Å²) in [7, 11) is 0. The van der Waals surface area contributed by atoms with Crippen LogP contribution in [0.1, 0.15) is 31.6 Å². The van der Waals surface area contributed by atoms with Gasteiger partial charge in [-0.05, 0) is 38.2 Å². The number of hydrogen-bond acceptors (Lipinski definition) is 4. The number of furan rings is 1. The topological polar surface area (TPSA) is 63.5 Å². The quantitative estimate of drug-likeness (QED) is 0.865. The molecule has 5 nitrogen and oxygen atoms in total. The second kappa shape index (κ2) is 7.49. The van der Waals surface area contributed by atoms with Crippen LogP contribution in [-0.4, -0.2) is 36.8 Å². The number of carbonyl (C=O) groups is 1. The van der Waals surface area contributed by atoms with Gasteiger partial charge >= 0.3 is 6.03 Å². The van der Waals surface area contributed by atoms with Crippen molar-refractivity contribution < 1.29 is 13.9 Å². The molecule has 0 bridgehead atoms. The van der Waals surface area contributed by atoms with E-state index >= 15 is 0 Å². The van der Waals surface area contributed by atoms with Crippen LogP contribution in [-0.2, 0) is 4.74 Å². The van der Waals surface area contributed by atoms with E-state index in [0.29, 0.717) is 6.54 Å². The molecule has 1 aliphatic rings. The van der Waals surface area contributed by atoms with Crippen molar-refractivity contribution in [2.75, 3.05) is 26.0 Å². The molecule has 0 spiro atoms. The SMILES string of the molecule is CSC1(CNC(=O)N[C@@H](C)c2cc3ccccc3o2)CCOCC1. The molecule has 0 aliphatic carbocycles. The lowest BCUT2D eigenvalue weighted by Crippen LogP contribution is -2.47. The third-order valence-electron chi connectivity index (χ3n) is 4.63. The summed E-state index contributed by atoms with van der Waals surface area (Å²) in [5.41, 5.74) is 0.838. The second-order valence-corrected chi connectivity index (χ2v) is 7.51. The standard InChI is InChI=1S/C18H24N2O3S/c1-13(16-11-14-5-3-4-6-15(14)23-16)20-17(21)19-12-18(24-2)7-9-22-10-8-18/h3-6,11,13H,7-10,12H2,1-2H3,(H2,19,20,21)/t13-/m0/s1. The Hall–Kier alpha value is -1.66. The number of nitrogens with one attached hydrogen (secondary N) is 2. The molecule has 1 atom stereocenters. The second-order valence-electron chi connectivity index (χ2n) is 6.23. The highest BCUT2D eigenvalue weighted by Gasteiger charge is 2.32. The van der Waals surface area contributed by atoms with Gasteiger partial charge in [-0.15, -0.1) is 0 Å². The molecule has 1 aromatic heterocycles. The van der Waals surface area contributed by atoms with E-state index in [9.17, 15) is 4.79 Å².